The van der Waals surface area contributed by atoms with Crippen LogP contribution in [-0.4, -0.2) is 27.1 Å². The summed E-state index contributed by atoms with van der Waals surface area (Å²) >= 11 is 0. The number of aromatic nitrogens is 2. The number of rotatable bonds is 8. The van der Waals surface area contributed by atoms with Crippen molar-refractivity contribution in [1.82, 2.24) is 15.3 Å². The average molecular weight is 384 g/mol. The van der Waals surface area contributed by atoms with Crippen LogP contribution in [0, 0.1) is 11.7 Å². The van der Waals surface area contributed by atoms with Gasteiger partial charge in [0.15, 0.2) is 0 Å². The summed E-state index contributed by atoms with van der Waals surface area (Å²) in [6.45, 7) is 8.89. The average Bonchev–Trinajstić information content (AvgIpc) is 2.68. The SMILES string of the molecule is C=CCC(NC(=O)O)c1cc(-c2cc(F)ccc2NC(=O)[C@H](C)C=C)ncn1. The maximum atomic E-state index is 13.9. The van der Waals surface area contributed by atoms with E-state index in [2.05, 4.69) is 33.8 Å². The Morgan fingerprint density at radius 1 is 1.29 bits per heavy atom. The maximum Gasteiger partial charge on any atom is 0.405 e. The Bertz CT molecular complexity index is 901. The van der Waals surface area contributed by atoms with Gasteiger partial charge in [-0.05, 0) is 30.7 Å². The zero-order valence-corrected chi connectivity index (χ0v) is 15.4. The van der Waals surface area contributed by atoms with Crippen LogP contribution in [-0.2, 0) is 4.79 Å². The van der Waals surface area contributed by atoms with Crippen molar-refractivity contribution in [2.45, 2.75) is 19.4 Å². The summed E-state index contributed by atoms with van der Waals surface area (Å²) in [5, 5.41) is 14.1. The number of amides is 2. The second-order valence-corrected chi connectivity index (χ2v) is 6.06. The standard InChI is InChI=1S/C20H21FN4O3/c1-4-6-16(25-20(27)28)18-10-17(22-11-23-18)14-9-13(21)7-8-15(14)24-19(26)12(3)5-2/h4-5,7-12,16,25H,1-2,6H2,3H3,(H,24,26)(H,27,28)/t12-,16?/m1/s1. The molecule has 2 atom stereocenters. The van der Waals surface area contributed by atoms with Crippen LogP contribution in [0.5, 0.6) is 0 Å². The van der Waals surface area contributed by atoms with Crippen molar-refractivity contribution in [1.29, 1.82) is 0 Å². The molecular formula is C20H21FN4O3. The fourth-order valence-corrected chi connectivity index (χ4v) is 2.47. The summed E-state index contributed by atoms with van der Waals surface area (Å²) in [6.07, 6.45) is 3.43. The van der Waals surface area contributed by atoms with Gasteiger partial charge in [0, 0.05) is 5.56 Å². The number of hydrogen-bond acceptors (Lipinski definition) is 4. The van der Waals surface area contributed by atoms with Crippen molar-refractivity contribution in [3.05, 3.63) is 67.4 Å². The van der Waals surface area contributed by atoms with E-state index in [1.807, 2.05) is 0 Å². The van der Waals surface area contributed by atoms with Crippen molar-refractivity contribution < 1.29 is 19.1 Å². The molecule has 1 aromatic heterocycles. The lowest BCUT2D eigenvalue weighted by molar-refractivity contribution is -0.118. The summed E-state index contributed by atoms with van der Waals surface area (Å²) in [7, 11) is 0. The van der Waals surface area contributed by atoms with Crippen LogP contribution < -0.4 is 10.6 Å². The molecule has 28 heavy (non-hydrogen) atoms. The van der Waals surface area contributed by atoms with E-state index in [1.54, 1.807) is 19.1 Å². The molecule has 1 heterocycles. The predicted molar refractivity (Wildman–Crippen MR) is 104 cm³/mol. The minimum atomic E-state index is -1.20. The highest BCUT2D eigenvalue weighted by molar-refractivity contribution is 5.97. The first-order valence-corrected chi connectivity index (χ1v) is 8.51. The summed E-state index contributed by atoms with van der Waals surface area (Å²) in [4.78, 5) is 31.5. The Labute approximate surface area is 162 Å². The van der Waals surface area contributed by atoms with Crippen LogP contribution in [0.2, 0.25) is 0 Å². The molecule has 0 bridgehead atoms. The first kappa shape index (κ1) is 20.8. The number of nitrogens with zero attached hydrogens (tertiary/aromatic N) is 2. The molecular weight excluding hydrogens is 363 g/mol. The quantitative estimate of drug-likeness (QED) is 0.598. The zero-order chi connectivity index (χ0) is 20.7. The molecule has 0 fully saturated rings. The van der Waals surface area contributed by atoms with Crippen LogP contribution in [0.15, 0.2) is 55.9 Å². The van der Waals surface area contributed by atoms with Crippen LogP contribution in [0.4, 0.5) is 14.9 Å². The summed E-state index contributed by atoms with van der Waals surface area (Å²) in [5.74, 6) is -1.24. The van der Waals surface area contributed by atoms with Crippen molar-refractivity contribution in [3.8, 4) is 11.3 Å². The van der Waals surface area contributed by atoms with Crippen LogP contribution in [0.1, 0.15) is 25.1 Å². The number of carbonyl (C=O) groups excluding carboxylic acids is 1. The van der Waals surface area contributed by atoms with Gasteiger partial charge in [-0.3, -0.25) is 4.79 Å². The monoisotopic (exact) mass is 384 g/mol. The Kier molecular flexibility index (Phi) is 6.97. The van der Waals surface area contributed by atoms with Gasteiger partial charge in [0.1, 0.15) is 12.1 Å². The van der Waals surface area contributed by atoms with E-state index < -0.39 is 23.9 Å². The minimum absolute atomic E-state index is 0.297. The summed E-state index contributed by atoms with van der Waals surface area (Å²) in [5.41, 5.74) is 1.46. The molecule has 7 nitrogen and oxygen atoms in total. The highest BCUT2D eigenvalue weighted by atomic mass is 19.1. The Balaban J connectivity index is 2.45. The zero-order valence-electron chi connectivity index (χ0n) is 15.4. The highest BCUT2D eigenvalue weighted by Gasteiger charge is 2.18. The molecule has 146 valence electrons. The predicted octanol–water partition coefficient (Wildman–Crippen LogP) is 3.93. The van der Waals surface area contributed by atoms with E-state index in [4.69, 9.17) is 5.11 Å². The van der Waals surface area contributed by atoms with E-state index in [9.17, 15) is 14.0 Å². The molecule has 0 radical (unpaired) electrons. The second-order valence-electron chi connectivity index (χ2n) is 6.06. The summed E-state index contributed by atoms with van der Waals surface area (Å²) < 4.78 is 13.9. The smallest absolute Gasteiger partial charge is 0.405 e. The molecule has 2 amide bonds. The largest absolute Gasteiger partial charge is 0.465 e. The number of benzene rings is 1. The maximum absolute atomic E-state index is 13.9. The van der Waals surface area contributed by atoms with Crippen LogP contribution in [0.25, 0.3) is 11.3 Å². The highest BCUT2D eigenvalue weighted by Crippen LogP contribution is 2.29. The minimum Gasteiger partial charge on any atom is -0.465 e. The number of carboxylic acid groups (broad SMARTS) is 1. The van der Waals surface area contributed by atoms with Gasteiger partial charge in [-0.1, -0.05) is 19.1 Å². The molecule has 3 N–H and O–H groups in total. The molecule has 2 aromatic rings. The fourth-order valence-electron chi connectivity index (χ4n) is 2.47. The lowest BCUT2D eigenvalue weighted by Crippen LogP contribution is -2.27. The lowest BCUT2D eigenvalue weighted by Gasteiger charge is -2.16. The number of hydrogen-bond donors (Lipinski definition) is 3. The third kappa shape index (κ3) is 5.23. The molecule has 1 aromatic carbocycles. The molecule has 0 saturated heterocycles. The Morgan fingerprint density at radius 3 is 2.68 bits per heavy atom. The van der Waals surface area contributed by atoms with Crippen LogP contribution in [0.3, 0.4) is 0 Å². The Hall–Kier alpha value is -3.55. The van der Waals surface area contributed by atoms with Crippen molar-refractivity contribution in [2.75, 3.05) is 5.32 Å². The molecule has 1 unspecified atom stereocenters. The third-order valence-electron chi connectivity index (χ3n) is 4.03. The third-order valence-corrected chi connectivity index (χ3v) is 4.03. The fraction of sp³-hybridized carbons (Fsp3) is 0.200. The van der Waals surface area contributed by atoms with Crippen molar-refractivity contribution in [2.24, 2.45) is 5.92 Å². The van der Waals surface area contributed by atoms with Gasteiger partial charge in [0.05, 0.1) is 29.0 Å². The first-order chi connectivity index (χ1) is 13.3. The van der Waals surface area contributed by atoms with Gasteiger partial charge in [0.2, 0.25) is 5.91 Å². The van der Waals surface area contributed by atoms with Gasteiger partial charge < -0.3 is 15.7 Å². The first-order valence-electron chi connectivity index (χ1n) is 8.51. The number of halogens is 1. The normalized spacial score (nSPS) is 12.5. The number of nitrogens with one attached hydrogen (secondary N) is 2. The van der Waals surface area contributed by atoms with Gasteiger partial charge >= 0.3 is 6.09 Å². The van der Waals surface area contributed by atoms with Crippen LogP contribution >= 0.6 is 0 Å². The van der Waals surface area contributed by atoms with Gasteiger partial charge in [0.25, 0.3) is 0 Å². The van der Waals surface area contributed by atoms with Gasteiger partial charge in [-0.15, -0.1) is 13.2 Å². The van der Waals surface area contributed by atoms with E-state index in [-0.39, 0.29) is 5.91 Å². The van der Waals surface area contributed by atoms with E-state index in [0.29, 0.717) is 29.1 Å². The van der Waals surface area contributed by atoms with Crippen molar-refractivity contribution >= 4 is 17.7 Å². The van der Waals surface area contributed by atoms with Gasteiger partial charge in [-0.2, -0.15) is 0 Å². The molecule has 0 aliphatic carbocycles. The summed E-state index contributed by atoms with van der Waals surface area (Å²) in [6, 6.07) is 4.83. The van der Waals surface area contributed by atoms with E-state index >= 15 is 0 Å². The second kappa shape index (κ2) is 9.40. The Morgan fingerprint density at radius 2 is 2.04 bits per heavy atom. The van der Waals surface area contributed by atoms with Gasteiger partial charge in [-0.25, -0.2) is 19.2 Å². The lowest BCUT2D eigenvalue weighted by atomic mass is 10.0. The topological polar surface area (TPSA) is 104 Å². The number of anilines is 1. The molecule has 8 heteroatoms. The molecule has 2 rings (SSSR count). The molecule has 0 saturated carbocycles. The molecule has 0 spiro atoms. The molecule has 0 aliphatic heterocycles. The van der Waals surface area contributed by atoms with Crippen molar-refractivity contribution in [3.63, 3.8) is 0 Å². The van der Waals surface area contributed by atoms with E-state index in [0.717, 1.165) is 0 Å². The number of carbonyl (C=O) groups is 2. The van der Waals surface area contributed by atoms with E-state index in [1.165, 1.54) is 30.6 Å². The molecule has 0 aliphatic rings.